The van der Waals surface area contributed by atoms with Gasteiger partial charge in [-0.25, -0.2) is 18.4 Å². The Balaban J connectivity index is 1.78. The van der Waals surface area contributed by atoms with E-state index in [1.54, 1.807) is 12.1 Å². The van der Waals surface area contributed by atoms with E-state index in [2.05, 4.69) is 9.97 Å². The highest BCUT2D eigenvalue weighted by molar-refractivity contribution is 7.89. The van der Waals surface area contributed by atoms with Crippen LogP contribution in [0.1, 0.15) is 18.4 Å². The van der Waals surface area contributed by atoms with Crippen molar-refractivity contribution in [2.75, 3.05) is 13.1 Å². The van der Waals surface area contributed by atoms with Gasteiger partial charge in [0, 0.05) is 6.54 Å². The molecule has 0 bridgehead atoms. The number of hydrogen-bond acceptors (Lipinski definition) is 6. The minimum atomic E-state index is -3.77. The highest BCUT2D eigenvalue weighted by Gasteiger charge is 2.32. The summed E-state index contributed by atoms with van der Waals surface area (Å²) in [6.07, 6.45) is 3.82. The Morgan fingerprint density at radius 2 is 2.00 bits per heavy atom. The lowest BCUT2D eigenvalue weighted by atomic mass is 10.1. The fraction of sp³-hybridized carbons (Fsp3) is 0.312. The Morgan fingerprint density at radius 1 is 1.28 bits per heavy atom. The lowest BCUT2D eigenvalue weighted by molar-refractivity contribution is 0.119. The molecule has 1 aromatic heterocycles. The molecular formula is C16H15ClN4O3S. The van der Waals surface area contributed by atoms with Crippen molar-refractivity contribution in [3.8, 4) is 12.1 Å². The van der Waals surface area contributed by atoms with Gasteiger partial charge in [0.2, 0.25) is 10.0 Å². The molecule has 9 heteroatoms. The van der Waals surface area contributed by atoms with Gasteiger partial charge in [-0.05, 0) is 25.0 Å². The first-order valence-corrected chi connectivity index (χ1v) is 9.46. The van der Waals surface area contributed by atoms with Gasteiger partial charge >= 0.3 is 6.01 Å². The summed E-state index contributed by atoms with van der Waals surface area (Å²) in [5.41, 5.74) is 0.131. The van der Waals surface area contributed by atoms with Crippen molar-refractivity contribution in [2.24, 2.45) is 0 Å². The third-order valence-electron chi connectivity index (χ3n) is 3.83. The molecule has 25 heavy (non-hydrogen) atoms. The van der Waals surface area contributed by atoms with E-state index in [-0.39, 0.29) is 29.1 Å². The molecular weight excluding hydrogens is 364 g/mol. The lowest BCUT2D eigenvalue weighted by Gasteiger charge is -2.31. The van der Waals surface area contributed by atoms with Gasteiger partial charge in [-0.3, -0.25) is 0 Å². The third kappa shape index (κ3) is 3.90. The van der Waals surface area contributed by atoms with Crippen LogP contribution in [0.15, 0.2) is 41.6 Å². The van der Waals surface area contributed by atoms with Crippen molar-refractivity contribution in [3.63, 3.8) is 0 Å². The maximum atomic E-state index is 12.9. The normalized spacial score (nSPS) is 18.5. The van der Waals surface area contributed by atoms with E-state index in [1.807, 2.05) is 6.07 Å². The van der Waals surface area contributed by atoms with Gasteiger partial charge in [0.15, 0.2) is 0 Å². The topological polar surface area (TPSA) is 96.2 Å². The van der Waals surface area contributed by atoms with Crippen LogP contribution in [0.25, 0.3) is 0 Å². The summed E-state index contributed by atoms with van der Waals surface area (Å²) in [5, 5.41) is 9.56. The van der Waals surface area contributed by atoms with Gasteiger partial charge in [0.25, 0.3) is 0 Å². The summed E-state index contributed by atoms with van der Waals surface area (Å²) in [5.74, 6) is 0. The molecule has 1 unspecified atom stereocenters. The molecule has 1 aromatic carbocycles. The van der Waals surface area contributed by atoms with Gasteiger partial charge < -0.3 is 4.74 Å². The number of rotatable bonds is 4. The van der Waals surface area contributed by atoms with Crippen LogP contribution in [0, 0.1) is 11.3 Å². The molecule has 0 spiro atoms. The maximum Gasteiger partial charge on any atom is 0.316 e. The van der Waals surface area contributed by atoms with Crippen molar-refractivity contribution in [3.05, 3.63) is 47.2 Å². The van der Waals surface area contributed by atoms with E-state index in [0.717, 1.165) is 0 Å². The molecule has 1 aliphatic rings. The van der Waals surface area contributed by atoms with Crippen LogP contribution in [0.4, 0.5) is 0 Å². The standard InChI is InChI=1S/C16H15ClN4O3S/c17-13-9-19-16(20-10-13)24-14-5-3-7-21(11-14)25(22,23)15-6-2-1-4-12(15)8-18/h1-2,4,6,9-10,14H,3,5,7,11H2. The Labute approximate surface area is 150 Å². The summed E-state index contributed by atoms with van der Waals surface area (Å²) in [6.45, 7) is 0.553. The number of aromatic nitrogens is 2. The summed E-state index contributed by atoms with van der Waals surface area (Å²) in [7, 11) is -3.77. The third-order valence-corrected chi connectivity index (χ3v) is 5.95. The minimum absolute atomic E-state index is 0.0147. The largest absolute Gasteiger partial charge is 0.459 e. The van der Waals surface area contributed by atoms with E-state index < -0.39 is 10.0 Å². The number of nitrogens with zero attached hydrogens (tertiary/aromatic N) is 4. The zero-order valence-electron chi connectivity index (χ0n) is 13.2. The van der Waals surface area contributed by atoms with Crippen molar-refractivity contribution in [1.29, 1.82) is 5.26 Å². The van der Waals surface area contributed by atoms with E-state index in [1.165, 1.54) is 28.8 Å². The lowest BCUT2D eigenvalue weighted by Crippen LogP contribution is -2.44. The fourth-order valence-corrected chi connectivity index (χ4v) is 4.40. The Morgan fingerprint density at radius 3 is 2.72 bits per heavy atom. The van der Waals surface area contributed by atoms with E-state index in [9.17, 15) is 8.42 Å². The summed E-state index contributed by atoms with van der Waals surface area (Å²) in [4.78, 5) is 7.95. The number of sulfonamides is 1. The second kappa shape index (κ2) is 7.35. The number of hydrogen-bond donors (Lipinski definition) is 0. The number of halogens is 1. The summed E-state index contributed by atoms with van der Waals surface area (Å²) in [6, 6.07) is 8.26. The van der Waals surface area contributed by atoms with Crippen molar-refractivity contribution in [1.82, 2.24) is 14.3 Å². The van der Waals surface area contributed by atoms with Crippen LogP contribution in [0.5, 0.6) is 6.01 Å². The first-order chi connectivity index (χ1) is 12.0. The van der Waals surface area contributed by atoms with Crippen LogP contribution in [-0.4, -0.2) is 41.9 Å². The Kier molecular flexibility index (Phi) is 5.18. The van der Waals surface area contributed by atoms with Gasteiger partial charge in [0.05, 0.1) is 34.4 Å². The van der Waals surface area contributed by atoms with E-state index in [4.69, 9.17) is 21.6 Å². The molecule has 0 radical (unpaired) electrons. The van der Waals surface area contributed by atoms with Crippen molar-refractivity contribution < 1.29 is 13.2 Å². The van der Waals surface area contributed by atoms with Gasteiger partial charge in [-0.1, -0.05) is 23.7 Å². The molecule has 2 aromatic rings. The van der Waals surface area contributed by atoms with Crippen molar-refractivity contribution >= 4 is 21.6 Å². The monoisotopic (exact) mass is 378 g/mol. The van der Waals surface area contributed by atoms with Crippen LogP contribution in [0.2, 0.25) is 5.02 Å². The second-order valence-corrected chi connectivity index (χ2v) is 7.88. The summed E-state index contributed by atoms with van der Waals surface area (Å²) < 4.78 is 32.8. The first-order valence-electron chi connectivity index (χ1n) is 7.64. The smallest absolute Gasteiger partial charge is 0.316 e. The van der Waals surface area contributed by atoms with Crippen LogP contribution in [-0.2, 0) is 10.0 Å². The van der Waals surface area contributed by atoms with Crippen molar-refractivity contribution in [2.45, 2.75) is 23.8 Å². The molecule has 0 amide bonds. The number of nitriles is 1. The predicted octanol–water partition coefficient (Wildman–Crippen LogP) is 2.23. The van der Waals surface area contributed by atoms with Crippen LogP contribution in [0.3, 0.4) is 0 Å². The summed E-state index contributed by atoms with van der Waals surface area (Å²) >= 11 is 5.74. The molecule has 1 saturated heterocycles. The Bertz CT molecular complexity index is 896. The highest BCUT2D eigenvalue weighted by Crippen LogP contribution is 2.24. The number of ether oxygens (including phenoxy) is 1. The SMILES string of the molecule is N#Cc1ccccc1S(=O)(=O)N1CCCC(Oc2ncc(Cl)cn2)C1. The minimum Gasteiger partial charge on any atom is -0.459 e. The first kappa shape index (κ1) is 17.6. The number of piperidine rings is 1. The molecule has 0 N–H and O–H groups in total. The quantitative estimate of drug-likeness (QED) is 0.809. The predicted molar refractivity (Wildman–Crippen MR) is 90.6 cm³/mol. The molecule has 1 aliphatic heterocycles. The maximum absolute atomic E-state index is 12.9. The van der Waals surface area contributed by atoms with Gasteiger partial charge in [-0.2, -0.15) is 9.57 Å². The number of benzene rings is 1. The van der Waals surface area contributed by atoms with E-state index >= 15 is 0 Å². The molecule has 1 atom stereocenters. The van der Waals surface area contributed by atoms with Gasteiger partial charge in [-0.15, -0.1) is 0 Å². The molecule has 7 nitrogen and oxygen atoms in total. The molecule has 2 heterocycles. The van der Waals surface area contributed by atoms with E-state index in [0.29, 0.717) is 24.4 Å². The molecule has 130 valence electrons. The fourth-order valence-electron chi connectivity index (χ4n) is 2.65. The second-order valence-electron chi connectivity index (χ2n) is 5.54. The average molecular weight is 379 g/mol. The Hall–Kier alpha value is -2.21. The zero-order valence-corrected chi connectivity index (χ0v) is 14.7. The van der Waals surface area contributed by atoms with Gasteiger partial charge in [0.1, 0.15) is 12.2 Å². The molecule has 3 rings (SSSR count). The highest BCUT2D eigenvalue weighted by atomic mass is 35.5. The average Bonchev–Trinajstić information content (AvgIpc) is 2.64. The van der Waals surface area contributed by atoms with Crippen LogP contribution >= 0.6 is 11.6 Å². The molecule has 1 fully saturated rings. The molecule has 0 aliphatic carbocycles. The zero-order chi connectivity index (χ0) is 17.9. The molecule has 0 saturated carbocycles. The van der Waals surface area contributed by atoms with Crippen LogP contribution < -0.4 is 4.74 Å².